The fourth-order valence-electron chi connectivity index (χ4n) is 4.22. The lowest BCUT2D eigenvalue weighted by Gasteiger charge is -2.37. The predicted octanol–water partition coefficient (Wildman–Crippen LogP) is 4.43. The van der Waals surface area contributed by atoms with Gasteiger partial charge >= 0.3 is 0 Å². The van der Waals surface area contributed by atoms with Gasteiger partial charge in [0.2, 0.25) is 5.91 Å². The van der Waals surface area contributed by atoms with Gasteiger partial charge in [-0.1, -0.05) is 29.8 Å². The van der Waals surface area contributed by atoms with Crippen molar-refractivity contribution >= 4 is 23.2 Å². The molecule has 5 nitrogen and oxygen atoms in total. The molecule has 3 heterocycles. The van der Waals surface area contributed by atoms with Crippen LogP contribution in [0, 0.1) is 6.92 Å². The van der Waals surface area contributed by atoms with Gasteiger partial charge in [-0.15, -0.1) is 11.3 Å². The summed E-state index contributed by atoms with van der Waals surface area (Å²) in [5.74, 6) is 0.0868. The zero-order valence-electron chi connectivity index (χ0n) is 16.9. The summed E-state index contributed by atoms with van der Waals surface area (Å²) in [5.41, 5.74) is 3.52. The van der Waals surface area contributed by atoms with Crippen molar-refractivity contribution in [2.45, 2.75) is 38.3 Å². The molecule has 0 bridgehead atoms. The first kappa shape index (κ1) is 19.1. The van der Waals surface area contributed by atoms with E-state index in [4.69, 9.17) is 4.42 Å². The van der Waals surface area contributed by atoms with E-state index in [0.29, 0.717) is 12.3 Å². The average Bonchev–Trinajstić information content (AvgIpc) is 3.24. The number of carbonyl (C=O) groups excluding carboxylic acids is 2. The number of benzene rings is 1. The van der Waals surface area contributed by atoms with Gasteiger partial charge in [-0.2, -0.15) is 0 Å². The van der Waals surface area contributed by atoms with Crippen LogP contribution >= 0.6 is 11.3 Å². The number of furan rings is 1. The van der Waals surface area contributed by atoms with E-state index in [2.05, 4.69) is 42.6 Å². The summed E-state index contributed by atoms with van der Waals surface area (Å²) in [6.07, 6.45) is 4.23. The van der Waals surface area contributed by atoms with Crippen LogP contribution in [0.5, 0.6) is 0 Å². The van der Waals surface area contributed by atoms with E-state index in [-0.39, 0.29) is 30.4 Å². The highest BCUT2D eigenvalue weighted by atomic mass is 32.1. The second kappa shape index (κ2) is 7.76. The Bertz CT molecular complexity index is 1050. The van der Waals surface area contributed by atoms with Crippen molar-refractivity contribution < 1.29 is 14.0 Å². The van der Waals surface area contributed by atoms with Crippen molar-refractivity contribution in [1.29, 1.82) is 0 Å². The minimum absolute atomic E-state index is 0.00997. The molecular formula is C24H24N2O3S. The molecule has 1 saturated carbocycles. The molecule has 6 heteroatoms. The molecule has 3 aromatic rings. The summed E-state index contributed by atoms with van der Waals surface area (Å²) >= 11 is 1.76. The second-order valence-corrected chi connectivity index (χ2v) is 9.09. The quantitative estimate of drug-likeness (QED) is 0.614. The maximum absolute atomic E-state index is 13.5. The summed E-state index contributed by atoms with van der Waals surface area (Å²) in [6, 6.07) is 13.9. The third kappa shape index (κ3) is 3.56. The van der Waals surface area contributed by atoms with Gasteiger partial charge in [0.05, 0.1) is 12.3 Å². The lowest BCUT2D eigenvalue weighted by atomic mass is 9.92. The van der Waals surface area contributed by atoms with E-state index in [1.54, 1.807) is 28.4 Å². The van der Waals surface area contributed by atoms with Gasteiger partial charge in [0.1, 0.15) is 6.54 Å². The van der Waals surface area contributed by atoms with Crippen LogP contribution in [0.15, 0.2) is 58.5 Å². The van der Waals surface area contributed by atoms with Crippen molar-refractivity contribution in [3.8, 4) is 0 Å². The van der Waals surface area contributed by atoms with Crippen LogP contribution in [0.2, 0.25) is 0 Å². The molecule has 5 rings (SSSR count). The third-order valence-corrected chi connectivity index (χ3v) is 6.96. The molecule has 1 aromatic carbocycles. The van der Waals surface area contributed by atoms with Crippen molar-refractivity contribution in [3.63, 3.8) is 0 Å². The molecule has 2 aliphatic rings. The van der Waals surface area contributed by atoms with Crippen LogP contribution in [0.4, 0.5) is 0 Å². The van der Waals surface area contributed by atoms with Crippen molar-refractivity contribution in [2.75, 3.05) is 13.1 Å². The van der Waals surface area contributed by atoms with Gasteiger partial charge in [0.15, 0.2) is 5.76 Å². The Morgan fingerprint density at radius 1 is 1.17 bits per heavy atom. The summed E-state index contributed by atoms with van der Waals surface area (Å²) in [7, 11) is 0. The first-order valence-electron chi connectivity index (χ1n) is 10.4. The van der Waals surface area contributed by atoms with Crippen LogP contribution in [-0.4, -0.2) is 40.7 Å². The zero-order valence-corrected chi connectivity index (χ0v) is 17.7. The largest absolute Gasteiger partial charge is 0.459 e. The van der Waals surface area contributed by atoms with Crippen LogP contribution in [-0.2, 0) is 11.2 Å². The highest BCUT2D eigenvalue weighted by Crippen LogP contribution is 2.38. The minimum atomic E-state index is -0.198. The standard InChI is InChI=1S/C24H24N2O3S/c1-16-4-6-17(7-5-16)23-19-11-14-30-21(19)10-12-25(23)22(27)15-26(18-8-9-18)24(28)20-3-2-13-29-20/h2-7,11,13-14,18,23H,8-10,12,15H2,1H3. The molecule has 0 N–H and O–H groups in total. The van der Waals surface area contributed by atoms with E-state index in [0.717, 1.165) is 24.8 Å². The fraction of sp³-hybridized carbons (Fsp3) is 0.333. The number of carbonyl (C=O) groups is 2. The van der Waals surface area contributed by atoms with E-state index in [1.165, 1.54) is 22.3 Å². The van der Waals surface area contributed by atoms with Gasteiger partial charge in [0, 0.05) is 17.5 Å². The number of thiophene rings is 1. The molecule has 1 unspecified atom stereocenters. The van der Waals surface area contributed by atoms with Crippen LogP contribution in [0.3, 0.4) is 0 Å². The molecule has 1 atom stereocenters. The maximum Gasteiger partial charge on any atom is 0.290 e. The molecule has 0 spiro atoms. The van der Waals surface area contributed by atoms with E-state index in [1.807, 2.05) is 4.90 Å². The molecule has 154 valence electrons. The molecule has 2 amide bonds. The Kier molecular flexibility index (Phi) is 4.95. The molecule has 1 aliphatic heterocycles. The second-order valence-electron chi connectivity index (χ2n) is 8.09. The highest BCUT2D eigenvalue weighted by Gasteiger charge is 2.39. The van der Waals surface area contributed by atoms with Crippen LogP contribution in [0.25, 0.3) is 0 Å². The first-order valence-corrected chi connectivity index (χ1v) is 11.3. The highest BCUT2D eigenvalue weighted by molar-refractivity contribution is 7.10. The number of hydrogen-bond donors (Lipinski definition) is 0. The number of rotatable bonds is 5. The van der Waals surface area contributed by atoms with Gasteiger partial charge in [-0.25, -0.2) is 0 Å². The first-order chi connectivity index (χ1) is 14.6. The Morgan fingerprint density at radius 2 is 1.97 bits per heavy atom. The maximum atomic E-state index is 13.5. The minimum Gasteiger partial charge on any atom is -0.459 e. The Morgan fingerprint density at radius 3 is 2.67 bits per heavy atom. The van der Waals surface area contributed by atoms with E-state index < -0.39 is 0 Å². The van der Waals surface area contributed by atoms with Crippen LogP contribution in [0.1, 0.15) is 51.0 Å². The summed E-state index contributed by atoms with van der Waals surface area (Å²) in [4.78, 5) is 31.4. The molecule has 1 fully saturated rings. The Hall–Kier alpha value is -2.86. The Balaban J connectivity index is 1.43. The smallest absolute Gasteiger partial charge is 0.290 e. The SMILES string of the molecule is Cc1ccc(C2c3ccsc3CCN2C(=O)CN(C(=O)c2ccco2)C2CC2)cc1. The predicted molar refractivity (Wildman–Crippen MR) is 116 cm³/mol. The number of hydrogen-bond acceptors (Lipinski definition) is 4. The van der Waals surface area contributed by atoms with Crippen molar-refractivity contribution in [1.82, 2.24) is 9.80 Å². The lowest BCUT2D eigenvalue weighted by Crippen LogP contribution is -2.47. The van der Waals surface area contributed by atoms with E-state index in [9.17, 15) is 9.59 Å². The molecule has 0 radical (unpaired) electrons. The monoisotopic (exact) mass is 420 g/mol. The molecule has 30 heavy (non-hydrogen) atoms. The third-order valence-electron chi connectivity index (χ3n) is 5.97. The summed E-state index contributed by atoms with van der Waals surface area (Å²) < 4.78 is 5.30. The molecule has 0 saturated heterocycles. The van der Waals surface area contributed by atoms with Gasteiger partial charge < -0.3 is 14.2 Å². The number of amides is 2. The number of nitrogens with zero attached hydrogens (tertiary/aromatic N) is 2. The topological polar surface area (TPSA) is 53.8 Å². The fourth-order valence-corrected chi connectivity index (χ4v) is 5.13. The van der Waals surface area contributed by atoms with Crippen molar-refractivity contribution in [2.24, 2.45) is 0 Å². The van der Waals surface area contributed by atoms with Crippen molar-refractivity contribution in [3.05, 3.63) is 81.4 Å². The Labute approximate surface area is 179 Å². The molecule has 1 aliphatic carbocycles. The van der Waals surface area contributed by atoms with Crippen LogP contribution < -0.4 is 0 Å². The van der Waals surface area contributed by atoms with E-state index >= 15 is 0 Å². The normalized spacial score (nSPS) is 18.2. The molecule has 2 aromatic heterocycles. The number of aryl methyl sites for hydroxylation is 1. The summed E-state index contributed by atoms with van der Waals surface area (Å²) in [6.45, 7) is 2.82. The molecular weight excluding hydrogens is 396 g/mol. The summed E-state index contributed by atoms with van der Waals surface area (Å²) in [5, 5.41) is 2.11. The lowest BCUT2D eigenvalue weighted by molar-refractivity contribution is -0.134. The number of fused-ring (bicyclic) bond motifs is 1. The zero-order chi connectivity index (χ0) is 20.7. The van der Waals surface area contributed by atoms with Gasteiger partial charge in [0.25, 0.3) is 5.91 Å². The van der Waals surface area contributed by atoms with Gasteiger partial charge in [-0.05, 0) is 60.9 Å². The van der Waals surface area contributed by atoms with Gasteiger partial charge in [-0.3, -0.25) is 9.59 Å². The average molecular weight is 421 g/mol.